The fraction of sp³-hybridized carbons (Fsp3) is 0.250. The Bertz CT molecular complexity index is 548. The molecule has 0 atom stereocenters. The van der Waals surface area contributed by atoms with Gasteiger partial charge in [-0.05, 0) is 49.5 Å². The minimum atomic E-state index is -0.679. The van der Waals surface area contributed by atoms with E-state index in [1.54, 1.807) is 19.1 Å². The molecular formula is C16H17FKNO2. The van der Waals surface area contributed by atoms with E-state index in [0.29, 0.717) is 11.7 Å². The molecule has 1 N–H and O–H groups in total. The molecule has 0 radical (unpaired) electrons. The Hall–Kier alpha value is -0.434. The summed E-state index contributed by atoms with van der Waals surface area (Å²) >= 11 is 0. The predicted molar refractivity (Wildman–Crippen MR) is 76.3 cm³/mol. The largest absolute Gasteiger partial charge is 1.00 e. The van der Waals surface area contributed by atoms with Crippen LogP contribution in [0.5, 0.6) is 5.75 Å². The van der Waals surface area contributed by atoms with Crippen LogP contribution in [0.3, 0.4) is 0 Å². The van der Waals surface area contributed by atoms with Gasteiger partial charge in [-0.1, -0.05) is 18.7 Å². The van der Waals surface area contributed by atoms with Crippen LogP contribution >= 0.6 is 0 Å². The summed E-state index contributed by atoms with van der Waals surface area (Å²) in [6.45, 7) is 5.16. The summed E-state index contributed by atoms with van der Waals surface area (Å²) in [7, 11) is 0. The zero-order valence-electron chi connectivity index (χ0n) is 12.3. The Morgan fingerprint density at radius 3 is 2.48 bits per heavy atom. The summed E-state index contributed by atoms with van der Waals surface area (Å²) in [6, 6.07) is 7.59. The molecule has 5 heteroatoms. The standard InChI is InChI=1S/C16H17FNO2.K/c1-3-14(18-19)10-16(17)11(2)20-15-8-6-13(7-9-15)12-4-5-12;/h3,6-10,12,19H,2,4-5H2,1H3;/q-1;+1/b14-3+,16-10+;. The van der Waals surface area contributed by atoms with Crippen LogP contribution in [0.4, 0.5) is 4.39 Å². The summed E-state index contributed by atoms with van der Waals surface area (Å²) in [5.74, 6) is 0.410. The third kappa shape index (κ3) is 5.69. The van der Waals surface area contributed by atoms with E-state index in [-0.39, 0.29) is 62.8 Å². The number of hydrogen-bond donors (Lipinski definition) is 1. The topological polar surface area (TPSA) is 43.6 Å². The number of rotatable bonds is 6. The van der Waals surface area contributed by atoms with Crippen LogP contribution < -0.4 is 56.1 Å². The molecule has 21 heavy (non-hydrogen) atoms. The second kappa shape index (κ2) is 8.88. The second-order valence-electron chi connectivity index (χ2n) is 4.67. The van der Waals surface area contributed by atoms with Crippen molar-refractivity contribution in [2.75, 3.05) is 0 Å². The van der Waals surface area contributed by atoms with Gasteiger partial charge in [0, 0.05) is 0 Å². The number of allylic oxidation sites excluding steroid dienone is 3. The molecule has 0 bridgehead atoms. The molecule has 3 nitrogen and oxygen atoms in total. The number of benzene rings is 1. The molecule has 1 aliphatic carbocycles. The van der Waals surface area contributed by atoms with Gasteiger partial charge in [-0.2, -0.15) is 0 Å². The van der Waals surface area contributed by atoms with Gasteiger partial charge >= 0.3 is 51.4 Å². The van der Waals surface area contributed by atoms with Crippen molar-refractivity contribution in [3.8, 4) is 5.75 Å². The minimum Gasteiger partial charge on any atom is -0.565 e. The zero-order chi connectivity index (χ0) is 14.5. The van der Waals surface area contributed by atoms with Crippen molar-refractivity contribution in [2.45, 2.75) is 25.7 Å². The molecule has 0 unspecified atom stereocenters. The second-order valence-corrected chi connectivity index (χ2v) is 4.67. The molecule has 1 aromatic rings. The average Bonchev–Trinajstić information content (AvgIpc) is 3.29. The zero-order valence-corrected chi connectivity index (χ0v) is 15.5. The monoisotopic (exact) mass is 313 g/mol. The Morgan fingerprint density at radius 2 is 2.00 bits per heavy atom. The van der Waals surface area contributed by atoms with E-state index in [1.165, 1.54) is 24.5 Å². The quantitative estimate of drug-likeness (QED) is 0.378. The van der Waals surface area contributed by atoms with Gasteiger partial charge in [0.05, 0.1) is 0 Å². The van der Waals surface area contributed by atoms with Gasteiger partial charge in [-0.3, -0.25) is 0 Å². The number of halogens is 1. The van der Waals surface area contributed by atoms with Gasteiger partial charge < -0.3 is 15.4 Å². The molecule has 1 aromatic carbocycles. The van der Waals surface area contributed by atoms with Crippen molar-refractivity contribution < 1.29 is 65.7 Å². The van der Waals surface area contributed by atoms with E-state index in [4.69, 9.17) is 9.94 Å². The third-order valence-electron chi connectivity index (χ3n) is 3.12. The van der Waals surface area contributed by atoms with E-state index in [9.17, 15) is 4.39 Å². The molecule has 0 aromatic heterocycles. The van der Waals surface area contributed by atoms with Gasteiger partial charge in [0.2, 0.25) is 0 Å². The first kappa shape index (κ1) is 18.6. The van der Waals surface area contributed by atoms with Crippen LogP contribution in [-0.4, -0.2) is 5.21 Å². The predicted octanol–water partition coefficient (Wildman–Crippen LogP) is 1.98. The molecule has 0 spiro atoms. The number of hydroxylamine groups is 1. The molecule has 106 valence electrons. The van der Waals surface area contributed by atoms with E-state index in [1.807, 2.05) is 12.1 Å². The summed E-state index contributed by atoms with van der Waals surface area (Å²) in [5, 5.41) is 8.61. The molecule has 0 saturated heterocycles. The summed E-state index contributed by atoms with van der Waals surface area (Å²) in [5.41, 5.74) is 4.32. The van der Waals surface area contributed by atoms with Gasteiger partial charge in [-0.25, -0.2) is 4.39 Å². The molecule has 1 aliphatic rings. The SMILES string of the molecule is C=C(Oc1ccc(C2CC2)cc1)/C(F)=C\C(=C/C)[N-]O.[K+]. The van der Waals surface area contributed by atoms with E-state index < -0.39 is 5.83 Å². The minimum absolute atomic E-state index is 0. The van der Waals surface area contributed by atoms with Crippen LogP contribution in [0.25, 0.3) is 5.48 Å². The van der Waals surface area contributed by atoms with Crippen molar-refractivity contribution in [2.24, 2.45) is 0 Å². The maximum atomic E-state index is 13.7. The van der Waals surface area contributed by atoms with Gasteiger partial charge in [0.15, 0.2) is 11.6 Å². The Balaban J connectivity index is 0.00000220. The van der Waals surface area contributed by atoms with Crippen LogP contribution in [0.2, 0.25) is 0 Å². The van der Waals surface area contributed by atoms with Crippen LogP contribution in [-0.2, 0) is 0 Å². The first-order chi connectivity index (χ1) is 9.63. The average molecular weight is 313 g/mol. The van der Waals surface area contributed by atoms with Gasteiger partial charge in [0.1, 0.15) is 5.75 Å². The summed E-state index contributed by atoms with van der Waals surface area (Å²) < 4.78 is 19.1. The number of ether oxygens (including phenoxy) is 1. The van der Waals surface area contributed by atoms with Crippen molar-refractivity contribution in [3.05, 3.63) is 71.3 Å². The van der Waals surface area contributed by atoms with Crippen LogP contribution in [0, 0.1) is 0 Å². The first-order valence-electron chi connectivity index (χ1n) is 6.49. The van der Waals surface area contributed by atoms with Gasteiger partial charge in [0.25, 0.3) is 0 Å². The maximum Gasteiger partial charge on any atom is 1.00 e. The molecule has 1 saturated carbocycles. The normalized spacial score (nSPS) is 15.2. The fourth-order valence-corrected chi connectivity index (χ4v) is 1.80. The van der Waals surface area contributed by atoms with Crippen LogP contribution in [0.1, 0.15) is 31.2 Å². The van der Waals surface area contributed by atoms with Crippen molar-refractivity contribution in [1.82, 2.24) is 0 Å². The molecule has 0 aliphatic heterocycles. The van der Waals surface area contributed by atoms with Crippen molar-refractivity contribution >= 4 is 0 Å². The first-order valence-corrected chi connectivity index (χ1v) is 6.49. The smallest absolute Gasteiger partial charge is 0.565 e. The Morgan fingerprint density at radius 1 is 1.38 bits per heavy atom. The fourth-order valence-electron chi connectivity index (χ4n) is 1.80. The third-order valence-corrected chi connectivity index (χ3v) is 3.12. The van der Waals surface area contributed by atoms with E-state index in [0.717, 1.165) is 6.08 Å². The molecule has 0 heterocycles. The molecule has 1 fully saturated rings. The van der Waals surface area contributed by atoms with Crippen molar-refractivity contribution in [1.29, 1.82) is 0 Å². The number of hydrogen-bond acceptors (Lipinski definition) is 2. The van der Waals surface area contributed by atoms with Crippen molar-refractivity contribution in [3.63, 3.8) is 0 Å². The Labute approximate surface area is 167 Å². The maximum absolute atomic E-state index is 13.7. The Kier molecular flexibility index (Phi) is 7.87. The van der Waals surface area contributed by atoms with E-state index >= 15 is 0 Å². The van der Waals surface area contributed by atoms with Gasteiger partial charge in [-0.15, -0.1) is 11.8 Å². The molecule has 0 amide bonds. The number of nitrogens with zero attached hydrogens (tertiary/aromatic N) is 1. The van der Waals surface area contributed by atoms with Crippen LogP contribution in [0.15, 0.2) is 60.3 Å². The molecular weight excluding hydrogens is 296 g/mol. The summed E-state index contributed by atoms with van der Waals surface area (Å²) in [4.78, 5) is 0. The summed E-state index contributed by atoms with van der Waals surface area (Å²) in [6.07, 6.45) is 5.00. The molecule has 2 rings (SSSR count). The van der Waals surface area contributed by atoms with E-state index in [2.05, 4.69) is 12.1 Å².